The molecule has 1 N–H and O–H groups in total. The Morgan fingerprint density at radius 1 is 0.471 bits per heavy atom. The molecule has 0 aromatic heterocycles. The SMILES string of the molecule is C1CCSCCSCCNCCSCCSC1. The zero-order valence-corrected chi connectivity index (χ0v) is 13.9. The summed E-state index contributed by atoms with van der Waals surface area (Å²) in [5, 5.41) is 3.52. The van der Waals surface area contributed by atoms with Crippen LogP contribution in [-0.4, -0.2) is 59.1 Å². The lowest BCUT2D eigenvalue weighted by molar-refractivity contribution is 0.774. The van der Waals surface area contributed by atoms with Gasteiger partial charge >= 0.3 is 0 Å². The maximum Gasteiger partial charge on any atom is 0.00584 e. The summed E-state index contributed by atoms with van der Waals surface area (Å²) in [6.45, 7) is 2.37. The molecule has 0 spiro atoms. The number of rotatable bonds is 0. The largest absolute Gasteiger partial charge is 0.315 e. The average Bonchev–Trinajstić information content (AvgIpc) is 2.35. The molecule has 0 aliphatic carbocycles. The zero-order chi connectivity index (χ0) is 12.0. The van der Waals surface area contributed by atoms with Crippen LogP contribution in [-0.2, 0) is 0 Å². The van der Waals surface area contributed by atoms with E-state index in [1.54, 1.807) is 0 Å². The van der Waals surface area contributed by atoms with E-state index >= 15 is 0 Å². The molecule has 5 heteroatoms. The van der Waals surface area contributed by atoms with Gasteiger partial charge in [-0.2, -0.15) is 47.0 Å². The molecule has 0 aromatic carbocycles. The molecule has 0 bridgehead atoms. The molecule has 0 atom stereocenters. The predicted octanol–water partition coefficient (Wildman–Crippen LogP) is 3.30. The van der Waals surface area contributed by atoms with Gasteiger partial charge in [0.2, 0.25) is 0 Å². The first kappa shape index (κ1) is 16.4. The topological polar surface area (TPSA) is 12.0 Å². The zero-order valence-electron chi connectivity index (χ0n) is 10.6. The third-order valence-electron chi connectivity index (χ3n) is 2.42. The van der Waals surface area contributed by atoms with Crippen LogP contribution in [0.15, 0.2) is 0 Å². The molecule has 102 valence electrons. The summed E-state index contributed by atoms with van der Waals surface area (Å²) in [7, 11) is 0. The van der Waals surface area contributed by atoms with Crippen molar-refractivity contribution in [2.75, 3.05) is 59.1 Å². The van der Waals surface area contributed by atoms with Gasteiger partial charge in [0.15, 0.2) is 0 Å². The maximum absolute atomic E-state index is 3.52. The Morgan fingerprint density at radius 2 is 0.882 bits per heavy atom. The van der Waals surface area contributed by atoms with Crippen molar-refractivity contribution in [3.63, 3.8) is 0 Å². The van der Waals surface area contributed by atoms with Gasteiger partial charge in [-0.05, 0) is 24.3 Å². The van der Waals surface area contributed by atoms with Gasteiger partial charge in [0.25, 0.3) is 0 Å². The Morgan fingerprint density at radius 3 is 1.35 bits per heavy atom. The first-order valence-corrected chi connectivity index (χ1v) is 11.1. The first-order valence-electron chi connectivity index (χ1n) is 6.52. The number of hydrogen-bond acceptors (Lipinski definition) is 5. The average molecular weight is 312 g/mol. The quantitative estimate of drug-likeness (QED) is 0.734. The van der Waals surface area contributed by atoms with Gasteiger partial charge in [0, 0.05) is 47.6 Å². The molecule has 1 aliphatic rings. The third-order valence-corrected chi connectivity index (χ3v) is 7.05. The lowest BCUT2D eigenvalue weighted by Gasteiger charge is -2.04. The molecule has 0 radical (unpaired) electrons. The summed E-state index contributed by atoms with van der Waals surface area (Å²) in [5.74, 6) is 10.6. The minimum atomic E-state index is 1.19. The molecule has 17 heavy (non-hydrogen) atoms. The summed E-state index contributed by atoms with van der Waals surface area (Å²) in [6.07, 6.45) is 2.83. The van der Waals surface area contributed by atoms with E-state index < -0.39 is 0 Å². The Hall–Kier alpha value is 1.36. The first-order chi connectivity index (χ1) is 8.50. The summed E-state index contributed by atoms with van der Waals surface area (Å²) in [6, 6.07) is 0. The van der Waals surface area contributed by atoms with Crippen molar-refractivity contribution in [2.45, 2.75) is 12.8 Å². The van der Waals surface area contributed by atoms with Gasteiger partial charge < -0.3 is 5.32 Å². The standard InChI is InChI=1S/C12H25NS4/c1-2-6-15-10-12-17-8-4-13-3-7-16-11-9-14-5-1/h13H,1-12H2. The number of hydrogen-bond donors (Lipinski definition) is 1. The second-order valence-corrected chi connectivity index (χ2v) is 8.81. The molecule has 1 nitrogen and oxygen atoms in total. The highest BCUT2D eigenvalue weighted by atomic mass is 32.2. The Labute approximate surface area is 124 Å². The summed E-state index contributed by atoms with van der Waals surface area (Å²) >= 11 is 8.47. The molecule has 1 rings (SSSR count). The van der Waals surface area contributed by atoms with Crippen LogP contribution in [0.2, 0.25) is 0 Å². The van der Waals surface area contributed by atoms with Crippen LogP contribution in [0.1, 0.15) is 12.8 Å². The third kappa shape index (κ3) is 12.2. The van der Waals surface area contributed by atoms with Crippen LogP contribution < -0.4 is 5.32 Å². The molecular formula is C12H25NS4. The fourth-order valence-electron chi connectivity index (χ4n) is 1.47. The van der Waals surface area contributed by atoms with Crippen molar-refractivity contribution in [1.29, 1.82) is 0 Å². The second kappa shape index (κ2) is 13.8. The fraction of sp³-hybridized carbons (Fsp3) is 1.00. The molecule has 1 heterocycles. The monoisotopic (exact) mass is 311 g/mol. The Kier molecular flexibility index (Phi) is 13.3. The van der Waals surface area contributed by atoms with Crippen molar-refractivity contribution in [1.82, 2.24) is 5.32 Å². The van der Waals surface area contributed by atoms with Crippen molar-refractivity contribution in [2.24, 2.45) is 0 Å². The van der Waals surface area contributed by atoms with Crippen molar-refractivity contribution in [3.8, 4) is 0 Å². The maximum atomic E-state index is 3.52. The number of nitrogens with one attached hydrogen (secondary N) is 1. The van der Waals surface area contributed by atoms with Gasteiger partial charge in [-0.1, -0.05) is 0 Å². The molecular weight excluding hydrogens is 286 g/mol. The van der Waals surface area contributed by atoms with Gasteiger partial charge in [-0.25, -0.2) is 0 Å². The molecule has 1 fully saturated rings. The van der Waals surface area contributed by atoms with Gasteiger partial charge in [-0.3, -0.25) is 0 Å². The van der Waals surface area contributed by atoms with E-state index in [-0.39, 0.29) is 0 Å². The minimum absolute atomic E-state index is 1.19. The molecule has 1 aliphatic heterocycles. The van der Waals surface area contributed by atoms with E-state index in [0.29, 0.717) is 0 Å². The van der Waals surface area contributed by atoms with Crippen molar-refractivity contribution in [3.05, 3.63) is 0 Å². The van der Waals surface area contributed by atoms with E-state index in [4.69, 9.17) is 0 Å². The van der Waals surface area contributed by atoms with Crippen molar-refractivity contribution < 1.29 is 0 Å². The van der Waals surface area contributed by atoms with Crippen LogP contribution in [0.4, 0.5) is 0 Å². The van der Waals surface area contributed by atoms with E-state index in [1.807, 2.05) is 0 Å². The molecule has 1 saturated heterocycles. The minimum Gasteiger partial charge on any atom is -0.315 e. The normalized spacial score (nSPS) is 24.0. The lowest BCUT2D eigenvalue weighted by atomic mass is 10.4. The van der Waals surface area contributed by atoms with Gasteiger partial charge in [-0.15, -0.1) is 0 Å². The highest BCUT2D eigenvalue weighted by Gasteiger charge is 1.96. The van der Waals surface area contributed by atoms with E-state index in [2.05, 4.69) is 52.4 Å². The smallest absolute Gasteiger partial charge is 0.00584 e. The van der Waals surface area contributed by atoms with Crippen LogP contribution in [0, 0.1) is 0 Å². The van der Waals surface area contributed by atoms with E-state index in [0.717, 1.165) is 0 Å². The highest BCUT2D eigenvalue weighted by molar-refractivity contribution is 8.03. The Bertz CT molecular complexity index is 88.0. The van der Waals surface area contributed by atoms with Crippen molar-refractivity contribution >= 4 is 47.0 Å². The molecule has 0 saturated carbocycles. The predicted molar refractivity (Wildman–Crippen MR) is 91.4 cm³/mol. The van der Waals surface area contributed by atoms with E-state index in [1.165, 1.54) is 72.0 Å². The van der Waals surface area contributed by atoms with E-state index in [9.17, 15) is 0 Å². The van der Waals surface area contributed by atoms with Crippen LogP contribution in [0.5, 0.6) is 0 Å². The summed E-state index contributed by atoms with van der Waals surface area (Å²) in [5.41, 5.74) is 0. The molecule has 0 amide bonds. The number of thioether (sulfide) groups is 4. The van der Waals surface area contributed by atoms with Crippen LogP contribution in [0.25, 0.3) is 0 Å². The van der Waals surface area contributed by atoms with Gasteiger partial charge in [0.1, 0.15) is 0 Å². The van der Waals surface area contributed by atoms with Crippen LogP contribution in [0.3, 0.4) is 0 Å². The second-order valence-electron chi connectivity index (χ2n) is 3.91. The molecule has 0 unspecified atom stereocenters. The summed E-state index contributed by atoms with van der Waals surface area (Å²) < 4.78 is 0. The highest BCUT2D eigenvalue weighted by Crippen LogP contribution is 2.12. The fourth-order valence-corrected chi connectivity index (χ4v) is 5.56. The van der Waals surface area contributed by atoms with Crippen LogP contribution >= 0.6 is 47.0 Å². The lowest BCUT2D eigenvalue weighted by Crippen LogP contribution is -2.20. The molecule has 0 aromatic rings. The Balaban J connectivity index is 2.01. The summed E-state index contributed by atoms with van der Waals surface area (Å²) in [4.78, 5) is 0. The van der Waals surface area contributed by atoms with Gasteiger partial charge in [0.05, 0.1) is 0 Å².